The predicted molar refractivity (Wildman–Crippen MR) is 98.0 cm³/mol. The van der Waals surface area contributed by atoms with Crippen molar-refractivity contribution < 1.29 is 4.79 Å². The molecule has 6 nitrogen and oxygen atoms in total. The van der Waals surface area contributed by atoms with Crippen LogP contribution >= 0.6 is 22.7 Å². The molecule has 3 aromatic rings. The van der Waals surface area contributed by atoms with E-state index >= 15 is 0 Å². The second kappa shape index (κ2) is 7.50. The smallest absolute Gasteiger partial charge is 0.277 e. The molecule has 0 spiro atoms. The topological polar surface area (TPSA) is 79.8 Å². The van der Waals surface area contributed by atoms with Crippen molar-refractivity contribution in [1.29, 1.82) is 0 Å². The van der Waals surface area contributed by atoms with E-state index < -0.39 is 0 Å². The van der Waals surface area contributed by atoms with E-state index in [1.807, 2.05) is 44.2 Å². The minimum absolute atomic E-state index is 0.273. The van der Waals surface area contributed by atoms with Crippen LogP contribution in [-0.2, 0) is 6.42 Å². The van der Waals surface area contributed by atoms with Crippen LogP contribution in [0.4, 0.5) is 10.3 Å². The first-order valence-electron chi connectivity index (χ1n) is 7.50. The molecule has 0 saturated carbocycles. The number of carbonyl (C=O) groups excluding carboxylic acids is 1. The average molecular weight is 359 g/mol. The molecule has 0 atom stereocenters. The van der Waals surface area contributed by atoms with Crippen molar-refractivity contribution in [3.8, 4) is 0 Å². The van der Waals surface area contributed by atoms with Gasteiger partial charge in [0.05, 0.1) is 0 Å². The van der Waals surface area contributed by atoms with Gasteiger partial charge in [-0.1, -0.05) is 41.7 Å². The molecule has 0 aliphatic heterocycles. The third-order valence-electron chi connectivity index (χ3n) is 3.03. The molecule has 2 N–H and O–H groups in total. The van der Waals surface area contributed by atoms with E-state index in [0.29, 0.717) is 17.2 Å². The van der Waals surface area contributed by atoms with Gasteiger partial charge in [-0.2, -0.15) is 0 Å². The summed E-state index contributed by atoms with van der Waals surface area (Å²) in [6.45, 7) is 4.05. The monoisotopic (exact) mass is 359 g/mol. The van der Waals surface area contributed by atoms with Gasteiger partial charge < -0.3 is 5.32 Å². The van der Waals surface area contributed by atoms with Crippen molar-refractivity contribution in [3.63, 3.8) is 0 Å². The first kappa shape index (κ1) is 16.5. The van der Waals surface area contributed by atoms with Crippen LogP contribution in [0, 0.1) is 0 Å². The summed E-state index contributed by atoms with van der Waals surface area (Å²) >= 11 is 2.78. The summed E-state index contributed by atoms with van der Waals surface area (Å²) in [7, 11) is 0. The average Bonchev–Trinajstić information content (AvgIpc) is 3.17. The fraction of sp³-hybridized carbons (Fsp3) is 0.250. The fourth-order valence-electron chi connectivity index (χ4n) is 2.00. The van der Waals surface area contributed by atoms with Crippen LogP contribution < -0.4 is 10.6 Å². The minimum atomic E-state index is -0.273. The number of benzene rings is 1. The van der Waals surface area contributed by atoms with Gasteiger partial charge in [0.25, 0.3) is 5.91 Å². The van der Waals surface area contributed by atoms with Crippen LogP contribution in [0.5, 0.6) is 0 Å². The van der Waals surface area contributed by atoms with Crippen LogP contribution in [0.15, 0.2) is 35.7 Å². The molecule has 0 aliphatic rings. The zero-order chi connectivity index (χ0) is 16.9. The van der Waals surface area contributed by atoms with Gasteiger partial charge in [-0.3, -0.25) is 10.1 Å². The van der Waals surface area contributed by atoms with Gasteiger partial charge in [-0.15, -0.1) is 21.5 Å². The largest absolute Gasteiger partial charge is 0.359 e. The lowest BCUT2D eigenvalue weighted by Crippen LogP contribution is -2.13. The molecule has 2 aromatic heterocycles. The fourth-order valence-corrected chi connectivity index (χ4v) is 3.61. The molecule has 3 rings (SSSR count). The van der Waals surface area contributed by atoms with Crippen LogP contribution in [0.25, 0.3) is 0 Å². The van der Waals surface area contributed by atoms with Crippen LogP contribution in [0.3, 0.4) is 0 Å². The standard InChI is InChI=1S/C16H17N5OS2/c1-10(2)17-15-18-12(9-23-15)14(22)19-16-21-20-13(24-16)8-11-6-4-3-5-7-11/h3-7,9-10H,8H2,1-2H3,(H,17,18)(H,19,21,22). The second-order valence-corrected chi connectivity index (χ2v) is 7.37. The molecule has 24 heavy (non-hydrogen) atoms. The maximum absolute atomic E-state index is 12.2. The summed E-state index contributed by atoms with van der Waals surface area (Å²) in [6.07, 6.45) is 0.702. The molecule has 0 fully saturated rings. The zero-order valence-corrected chi connectivity index (χ0v) is 14.9. The van der Waals surface area contributed by atoms with Crippen LogP contribution in [0.1, 0.15) is 34.9 Å². The number of hydrogen-bond donors (Lipinski definition) is 2. The lowest BCUT2D eigenvalue weighted by molar-refractivity contribution is 0.102. The molecule has 0 bridgehead atoms. The molecular formula is C16H17N5OS2. The first-order valence-corrected chi connectivity index (χ1v) is 9.19. The van der Waals surface area contributed by atoms with E-state index in [4.69, 9.17) is 0 Å². The van der Waals surface area contributed by atoms with Crippen molar-refractivity contribution in [3.05, 3.63) is 52.0 Å². The minimum Gasteiger partial charge on any atom is -0.359 e. The van der Waals surface area contributed by atoms with Crippen LogP contribution in [-0.4, -0.2) is 27.1 Å². The van der Waals surface area contributed by atoms with Gasteiger partial charge >= 0.3 is 0 Å². The summed E-state index contributed by atoms with van der Waals surface area (Å²) < 4.78 is 0. The normalized spacial score (nSPS) is 10.8. The van der Waals surface area contributed by atoms with Gasteiger partial charge in [-0.25, -0.2) is 4.98 Å². The Morgan fingerprint density at radius 2 is 1.96 bits per heavy atom. The van der Waals surface area contributed by atoms with E-state index in [2.05, 4.69) is 25.8 Å². The van der Waals surface area contributed by atoms with E-state index in [1.54, 1.807) is 5.38 Å². The maximum atomic E-state index is 12.2. The molecule has 2 heterocycles. The van der Waals surface area contributed by atoms with Gasteiger partial charge in [0.2, 0.25) is 5.13 Å². The summed E-state index contributed by atoms with van der Waals surface area (Å²) in [5, 5.41) is 17.9. The second-order valence-electron chi connectivity index (χ2n) is 5.45. The highest BCUT2D eigenvalue weighted by atomic mass is 32.1. The first-order chi connectivity index (χ1) is 11.6. The number of nitrogens with zero attached hydrogens (tertiary/aromatic N) is 3. The Hall–Kier alpha value is -2.32. The van der Waals surface area contributed by atoms with Crippen molar-refractivity contribution in [2.24, 2.45) is 0 Å². The van der Waals surface area contributed by atoms with Gasteiger partial charge in [0, 0.05) is 17.8 Å². The summed E-state index contributed by atoms with van der Waals surface area (Å²) in [6, 6.07) is 10.3. The zero-order valence-electron chi connectivity index (χ0n) is 13.3. The maximum Gasteiger partial charge on any atom is 0.277 e. The number of carbonyl (C=O) groups is 1. The third-order valence-corrected chi connectivity index (χ3v) is 4.65. The van der Waals surface area contributed by atoms with Crippen molar-refractivity contribution in [2.75, 3.05) is 10.6 Å². The number of thiazole rings is 1. The van der Waals surface area contributed by atoms with Gasteiger partial charge in [0.15, 0.2) is 5.13 Å². The summed E-state index contributed by atoms with van der Waals surface area (Å²) in [4.78, 5) is 16.5. The Labute approximate surface area is 148 Å². The summed E-state index contributed by atoms with van der Waals surface area (Å²) in [5.74, 6) is -0.273. The van der Waals surface area contributed by atoms with Gasteiger partial charge in [0.1, 0.15) is 10.7 Å². The molecule has 0 saturated heterocycles. The Kier molecular flexibility index (Phi) is 5.17. The highest BCUT2D eigenvalue weighted by Gasteiger charge is 2.14. The van der Waals surface area contributed by atoms with E-state index in [1.165, 1.54) is 22.7 Å². The van der Waals surface area contributed by atoms with E-state index in [-0.39, 0.29) is 11.9 Å². The van der Waals surface area contributed by atoms with E-state index in [9.17, 15) is 4.79 Å². The molecule has 0 radical (unpaired) electrons. The SMILES string of the molecule is CC(C)Nc1nc(C(=O)Nc2nnc(Cc3ccccc3)s2)cs1. The molecule has 8 heteroatoms. The Morgan fingerprint density at radius 3 is 2.71 bits per heavy atom. The highest BCUT2D eigenvalue weighted by molar-refractivity contribution is 7.15. The molecule has 1 aromatic carbocycles. The Morgan fingerprint density at radius 1 is 1.17 bits per heavy atom. The van der Waals surface area contributed by atoms with Crippen molar-refractivity contribution in [2.45, 2.75) is 26.3 Å². The Bertz CT molecular complexity index is 813. The van der Waals surface area contributed by atoms with Crippen molar-refractivity contribution >= 4 is 38.8 Å². The Balaban J connectivity index is 1.62. The molecule has 124 valence electrons. The number of nitrogens with one attached hydrogen (secondary N) is 2. The van der Waals surface area contributed by atoms with Crippen molar-refractivity contribution in [1.82, 2.24) is 15.2 Å². The summed E-state index contributed by atoms with van der Waals surface area (Å²) in [5.41, 5.74) is 1.54. The van der Waals surface area contributed by atoms with Gasteiger partial charge in [-0.05, 0) is 19.4 Å². The quantitative estimate of drug-likeness (QED) is 0.702. The molecule has 1 amide bonds. The number of hydrogen-bond acceptors (Lipinski definition) is 7. The van der Waals surface area contributed by atoms with E-state index in [0.717, 1.165) is 15.7 Å². The molecule has 0 unspecified atom stereocenters. The number of anilines is 2. The third kappa shape index (κ3) is 4.36. The lowest BCUT2D eigenvalue weighted by Gasteiger charge is -2.04. The number of aromatic nitrogens is 3. The lowest BCUT2D eigenvalue weighted by atomic mass is 10.2. The molecular weight excluding hydrogens is 342 g/mol. The highest BCUT2D eigenvalue weighted by Crippen LogP contribution is 2.21. The number of amides is 1. The predicted octanol–water partition coefficient (Wildman–Crippen LogP) is 3.66. The number of rotatable bonds is 6. The molecule has 0 aliphatic carbocycles. The van der Waals surface area contributed by atoms with Crippen LogP contribution in [0.2, 0.25) is 0 Å².